The van der Waals surface area contributed by atoms with E-state index in [1.54, 1.807) is 13.0 Å². The molecule has 0 aromatic carbocycles. The zero-order valence-corrected chi connectivity index (χ0v) is 12.4. The molecule has 3 aromatic rings. The van der Waals surface area contributed by atoms with Gasteiger partial charge in [0.15, 0.2) is 0 Å². The van der Waals surface area contributed by atoms with Crippen LogP contribution in [0.5, 0.6) is 0 Å². The van der Waals surface area contributed by atoms with Gasteiger partial charge in [-0.1, -0.05) is 6.07 Å². The van der Waals surface area contributed by atoms with Crippen molar-refractivity contribution in [1.29, 1.82) is 0 Å². The lowest BCUT2D eigenvalue weighted by Gasteiger charge is -2.07. The monoisotopic (exact) mass is 313 g/mol. The Morgan fingerprint density at radius 2 is 2.23 bits per heavy atom. The van der Waals surface area contributed by atoms with E-state index in [2.05, 4.69) is 15.3 Å². The molecule has 3 rings (SSSR count). The predicted molar refractivity (Wildman–Crippen MR) is 83.0 cm³/mol. The molecule has 0 aliphatic heterocycles. The molecule has 0 fully saturated rings. The molecule has 0 radical (unpaired) electrons. The number of amides is 1. The number of hydrogen-bond acceptors (Lipinski definition) is 6. The molecule has 0 bridgehead atoms. The second-order valence-electron chi connectivity index (χ2n) is 4.48. The third-order valence-electron chi connectivity index (χ3n) is 2.95. The molecule has 0 unspecified atom stereocenters. The van der Waals surface area contributed by atoms with Gasteiger partial charge in [-0.2, -0.15) is 0 Å². The maximum absolute atomic E-state index is 12.1. The van der Waals surface area contributed by atoms with E-state index in [1.165, 1.54) is 29.9 Å². The fraction of sp³-hybridized carbons (Fsp3) is 0.0667. The van der Waals surface area contributed by atoms with Gasteiger partial charge in [0.05, 0.1) is 11.1 Å². The highest BCUT2D eigenvalue weighted by Gasteiger charge is 2.15. The summed E-state index contributed by atoms with van der Waals surface area (Å²) in [6, 6.07) is 5.46. The number of carbonyl (C=O) groups is 1. The minimum Gasteiger partial charge on any atom is -0.420 e. The van der Waals surface area contributed by atoms with E-state index in [4.69, 9.17) is 4.42 Å². The van der Waals surface area contributed by atoms with Crippen molar-refractivity contribution in [3.05, 3.63) is 63.8 Å². The summed E-state index contributed by atoms with van der Waals surface area (Å²) in [6.07, 6.45) is 4.20. The van der Waals surface area contributed by atoms with E-state index in [9.17, 15) is 9.59 Å². The normalized spacial score (nSPS) is 10.4. The summed E-state index contributed by atoms with van der Waals surface area (Å²) in [5, 5.41) is 4.42. The van der Waals surface area contributed by atoms with Crippen LogP contribution in [0.4, 0.5) is 5.69 Å². The van der Waals surface area contributed by atoms with Crippen LogP contribution in [0.15, 0.2) is 51.4 Å². The molecule has 0 saturated carbocycles. The lowest BCUT2D eigenvalue weighted by molar-refractivity contribution is 0.102. The van der Waals surface area contributed by atoms with Crippen molar-refractivity contribution in [3.8, 4) is 10.6 Å². The Bertz CT molecular complexity index is 857. The van der Waals surface area contributed by atoms with Gasteiger partial charge in [-0.15, -0.1) is 11.3 Å². The largest absolute Gasteiger partial charge is 0.420 e. The molecule has 3 heterocycles. The van der Waals surface area contributed by atoms with Crippen LogP contribution in [0.3, 0.4) is 0 Å². The van der Waals surface area contributed by atoms with Gasteiger partial charge >= 0.3 is 5.63 Å². The molecule has 3 aromatic heterocycles. The highest BCUT2D eigenvalue weighted by Crippen LogP contribution is 2.26. The Morgan fingerprint density at radius 1 is 1.36 bits per heavy atom. The quantitative estimate of drug-likeness (QED) is 0.803. The first-order valence-electron chi connectivity index (χ1n) is 6.41. The molecule has 0 aliphatic carbocycles. The Labute approximate surface area is 129 Å². The van der Waals surface area contributed by atoms with E-state index in [-0.39, 0.29) is 11.4 Å². The summed E-state index contributed by atoms with van der Waals surface area (Å²) in [5.41, 5.74) is 0.261. The molecule has 6 nitrogen and oxygen atoms in total. The number of nitrogens with zero attached hydrogens (tertiary/aromatic N) is 2. The molecule has 1 N–H and O–H groups in total. The van der Waals surface area contributed by atoms with Crippen LogP contribution >= 0.6 is 11.3 Å². The zero-order valence-electron chi connectivity index (χ0n) is 11.6. The molecule has 110 valence electrons. The molecule has 0 spiro atoms. The average molecular weight is 313 g/mol. The predicted octanol–water partition coefficient (Wildman–Crippen LogP) is 2.72. The highest BCUT2D eigenvalue weighted by molar-refractivity contribution is 7.13. The third kappa shape index (κ3) is 2.79. The number of thiophene rings is 1. The Balaban J connectivity index is 1.92. The lowest BCUT2D eigenvalue weighted by atomic mass is 10.2. The van der Waals surface area contributed by atoms with E-state index >= 15 is 0 Å². The van der Waals surface area contributed by atoms with Gasteiger partial charge in [0, 0.05) is 12.4 Å². The zero-order chi connectivity index (χ0) is 15.5. The van der Waals surface area contributed by atoms with E-state index in [0.29, 0.717) is 11.3 Å². The van der Waals surface area contributed by atoms with Crippen LogP contribution in [-0.2, 0) is 0 Å². The molecule has 0 aliphatic rings. The first-order valence-corrected chi connectivity index (χ1v) is 7.29. The Hall–Kier alpha value is -2.80. The minimum atomic E-state index is -0.597. The average Bonchev–Trinajstić information content (AvgIpc) is 3.06. The molecule has 1 amide bonds. The highest BCUT2D eigenvalue weighted by atomic mass is 32.1. The number of rotatable bonds is 3. The van der Waals surface area contributed by atoms with Gasteiger partial charge in [-0.05, 0) is 30.0 Å². The van der Waals surface area contributed by atoms with E-state index in [0.717, 1.165) is 4.88 Å². The molecular formula is C15H11N3O3S. The summed E-state index contributed by atoms with van der Waals surface area (Å²) >= 11 is 1.47. The number of nitrogens with one attached hydrogen (secondary N) is 1. The number of aromatic nitrogens is 2. The van der Waals surface area contributed by atoms with Gasteiger partial charge in [0.1, 0.15) is 17.1 Å². The minimum absolute atomic E-state index is 0.107. The SMILES string of the molecule is Cc1cc(-c2cccs2)oc(=O)c1NC(=O)c1cnccn1. The number of anilines is 1. The first-order chi connectivity index (χ1) is 10.6. The van der Waals surface area contributed by atoms with Crippen molar-refractivity contribution in [2.24, 2.45) is 0 Å². The van der Waals surface area contributed by atoms with Crippen LogP contribution in [-0.4, -0.2) is 15.9 Å². The van der Waals surface area contributed by atoms with Crippen molar-refractivity contribution >= 4 is 22.9 Å². The third-order valence-corrected chi connectivity index (χ3v) is 3.83. The van der Waals surface area contributed by atoms with Gasteiger partial charge in [0.2, 0.25) is 0 Å². The van der Waals surface area contributed by atoms with Crippen molar-refractivity contribution in [2.75, 3.05) is 5.32 Å². The Kier molecular flexibility index (Phi) is 3.80. The van der Waals surface area contributed by atoms with Crippen LogP contribution in [0, 0.1) is 6.92 Å². The second kappa shape index (κ2) is 5.90. The summed E-state index contributed by atoms with van der Waals surface area (Å²) in [7, 11) is 0. The van der Waals surface area contributed by atoms with Crippen molar-refractivity contribution < 1.29 is 9.21 Å². The summed E-state index contributed by atoms with van der Waals surface area (Å²) in [5.74, 6) is -0.0256. The smallest absolute Gasteiger partial charge is 0.360 e. The molecule has 22 heavy (non-hydrogen) atoms. The second-order valence-corrected chi connectivity index (χ2v) is 5.43. The first kappa shape index (κ1) is 14.2. The Morgan fingerprint density at radius 3 is 2.86 bits per heavy atom. The van der Waals surface area contributed by atoms with Crippen LogP contribution < -0.4 is 10.9 Å². The number of aryl methyl sites for hydroxylation is 1. The molecular weight excluding hydrogens is 302 g/mol. The summed E-state index contributed by atoms with van der Waals surface area (Å²) in [6.45, 7) is 1.74. The van der Waals surface area contributed by atoms with Gasteiger partial charge in [-0.3, -0.25) is 9.78 Å². The summed E-state index contributed by atoms with van der Waals surface area (Å²) < 4.78 is 5.27. The van der Waals surface area contributed by atoms with Gasteiger partial charge in [-0.25, -0.2) is 9.78 Å². The molecule has 0 saturated heterocycles. The van der Waals surface area contributed by atoms with Gasteiger partial charge in [0.25, 0.3) is 5.91 Å². The van der Waals surface area contributed by atoms with Crippen molar-refractivity contribution in [3.63, 3.8) is 0 Å². The summed E-state index contributed by atoms with van der Waals surface area (Å²) in [4.78, 5) is 32.7. The van der Waals surface area contributed by atoms with E-state index < -0.39 is 11.5 Å². The maximum atomic E-state index is 12.1. The number of carbonyl (C=O) groups excluding carboxylic acids is 1. The maximum Gasteiger partial charge on any atom is 0.360 e. The van der Waals surface area contributed by atoms with Crippen LogP contribution in [0.25, 0.3) is 10.6 Å². The molecule has 7 heteroatoms. The van der Waals surface area contributed by atoms with E-state index in [1.807, 2.05) is 17.5 Å². The van der Waals surface area contributed by atoms with Crippen molar-refractivity contribution in [2.45, 2.75) is 6.92 Å². The number of hydrogen-bond donors (Lipinski definition) is 1. The lowest BCUT2D eigenvalue weighted by Crippen LogP contribution is -2.20. The topological polar surface area (TPSA) is 85.1 Å². The standard InChI is InChI=1S/C15H11N3O3S/c1-9-7-11(12-3-2-6-22-12)21-15(20)13(9)18-14(19)10-8-16-4-5-17-10/h2-8H,1H3,(H,18,19). The van der Waals surface area contributed by atoms with Crippen LogP contribution in [0.2, 0.25) is 0 Å². The van der Waals surface area contributed by atoms with Crippen LogP contribution in [0.1, 0.15) is 16.1 Å². The fourth-order valence-electron chi connectivity index (χ4n) is 1.89. The fourth-order valence-corrected chi connectivity index (χ4v) is 2.57. The molecule has 0 atom stereocenters. The van der Waals surface area contributed by atoms with Gasteiger partial charge < -0.3 is 9.73 Å². The van der Waals surface area contributed by atoms with Crippen molar-refractivity contribution in [1.82, 2.24) is 9.97 Å².